The van der Waals surface area contributed by atoms with Gasteiger partial charge in [0.05, 0.1) is 17.4 Å². The molecule has 3 aromatic rings. The standard InChI is InChI=1S/C25H29ClN8O/c1-14(2)28-20-12-22(32-34-16(4)30-31-25(20)34)33(5)24(17-6-8-18(26)9-7-17)23(15(3)27)21(13-35)29-19-10-11-19/h6-9,12-13,19,24,27-29H,1,10-11H2,2-5H3/b23-21+,27-15?. The number of fused-ring (bicyclic) bond motifs is 1. The second-order valence-electron chi connectivity index (χ2n) is 8.86. The van der Waals surface area contributed by atoms with Gasteiger partial charge in [-0.25, -0.2) is 0 Å². The van der Waals surface area contributed by atoms with E-state index in [1.165, 1.54) is 0 Å². The van der Waals surface area contributed by atoms with Gasteiger partial charge >= 0.3 is 0 Å². The van der Waals surface area contributed by atoms with E-state index in [1.54, 1.807) is 23.6 Å². The normalized spacial score (nSPS) is 14.8. The molecule has 9 nitrogen and oxygen atoms in total. The largest absolute Gasteiger partial charge is 0.379 e. The van der Waals surface area contributed by atoms with Crippen LogP contribution in [0.1, 0.15) is 44.1 Å². The highest BCUT2D eigenvalue weighted by molar-refractivity contribution is 6.30. The number of allylic oxidation sites excluding steroid dienone is 2. The predicted octanol–water partition coefficient (Wildman–Crippen LogP) is 4.45. The summed E-state index contributed by atoms with van der Waals surface area (Å²) in [5.74, 6) is 1.23. The van der Waals surface area contributed by atoms with Gasteiger partial charge in [-0.3, -0.25) is 4.79 Å². The highest BCUT2D eigenvalue weighted by Gasteiger charge is 2.31. The van der Waals surface area contributed by atoms with Crippen molar-refractivity contribution in [1.29, 1.82) is 5.41 Å². The first-order chi connectivity index (χ1) is 16.7. The van der Waals surface area contributed by atoms with Crippen molar-refractivity contribution in [2.75, 3.05) is 17.3 Å². The first-order valence-electron chi connectivity index (χ1n) is 11.3. The Morgan fingerprint density at radius 1 is 1.29 bits per heavy atom. The van der Waals surface area contributed by atoms with Crippen molar-refractivity contribution in [2.45, 2.75) is 45.7 Å². The second-order valence-corrected chi connectivity index (χ2v) is 9.29. The Labute approximate surface area is 209 Å². The van der Waals surface area contributed by atoms with Gasteiger partial charge in [0, 0.05) is 41.2 Å². The van der Waals surface area contributed by atoms with Crippen molar-refractivity contribution in [3.8, 4) is 0 Å². The molecule has 0 aliphatic heterocycles. The van der Waals surface area contributed by atoms with Gasteiger partial charge in [0.15, 0.2) is 17.9 Å². The third-order valence-corrected chi connectivity index (χ3v) is 6.07. The van der Waals surface area contributed by atoms with Crippen LogP contribution in [0.4, 0.5) is 11.5 Å². The predicted molar refractivity (Wildman–Crippen MR) is 139 cm³/mol. The van der Waals surface area contributed by atoms with Crippen LogP contribution in [0, 0.1) is 12.3 Å². The van der Waals surface area contributed by atoms with Crippen LogP contribution in [0.15, 0.2) is 53.9 Å². The number of carbonyl (C=O) groups is 1. The molecular weight excluding hydrogens is 464 g/mol. The van der Waals surface area contributed by atoms with Crippen molar-refractivity contribution in [2.24, 2.45) is 0 Å². The number of anilines is 2. The number of hydrogen-bond donors (Lipinski definition) is 3. The molecular formula is C25H29ClN8O. The number of aldehydes is 1. The van der Waals surface area contributed by atoms with Crippen LogP contribution in [0.2, 0.25) is 5.02 Å². The highest BCUT2D eigenvalue weighted by Crippen LogP contribution is 2.35. The Balaban J connectivity index is 1.91. The van der Waals surface area contributed by atoms with Crippen LogP contribution in [0.3, 0.4) is 0 Å². The van der Waals surface area contributed by atoms with E-state index in [-0.39, 0.29) is 11.8 Å². The number of aromatic nitrogens is 4. The summed E-state index contributed by atoms with van der Waals surface area (Å²) in [6.07, 6.45) is 2.81. The molecule has 1 aromatic carbocycles. The quantitative estimate of drug-likeness (QED) is 0.218. The molecule has 10 heteroatoms. The lowest BCUT2D eigenvalue weighted by molar-refractivity contribution is -0.105. The molecule has 1 fully saturated rings. The summed E-state index contributed by atoms with van der Waals surface area (Å²) in [4.78, 5) is 14.2. The van der Waals surface area contributed by atoms with Gasteiger partial charge in [-0.15, -0.1) is 15.3 Å². The molecule has 0 spiro atoms. The number of rotatable bonds is 10. The van der Waals surface area contributed by atoms with Crippen LogP contribution in [-0.4, -0.2) is 44.9 Å². The summed E-state index contributed by atoms with van der Waals surface area (Å²) < 4.78 is 1.67. The average Bonchev–Trinajstić information content (AvgIpc) is 3.56. The maximum Gasteiger partial charge on any atom is 0.201 e. The molecule has 1 saturated carbocycles. The van der Waals surface area contributed by atoms with Crippen molar-refractivity contribution in [3.63, 3.8) is 0 Å². The number of halogens is 1. The molecule has 0 amide bonds. The Bertz CT molecular complexity index is 1320. The number of nitrogens with zero attached hydrogens (tertiary/aromatic N) is 5. The minimum absolute atomic E-state index is 0.251. The van der Waals surface area contributed by atoms with E-state index in [9.17, 15) is 4.79 Å². The fourth-order valence-corrected chi connectivity index (χ4v) is 4.13. The molecule has 3 N–H and O–H groups in total. The van der Waals surface area contributed by atoms with Crippen LogP contribution in [0.5, 0.6) is 0 Å². The molecule has 0 radical (unpaired) electrons. The van der Waals surface area contributed by atoms with E-state index in [4.69, 9.17) is 22.1 Å². The van der Waals surface area contributed by atoms with Crippen LogP contribution < -0.4 is 15.5 Å². The number of benzene rings is 1. The third kappa shape index (κ3) is 5.19. The molecule has 1 aliphatic carbocycles. The van der Waals surface area contributed by atoms with Gasteiger partial charge < -0.3 is 20.9 Å². The van der Waals surface area contributed by atoms with Gasteiger partial charge in [-0.2, -0.15) is 4.52 Å². The minimum atomic E-state index is -0.490. The number of likely N-dealkylation sites (N-methyl/N-ethyl adjacent to an activating group) is 1. The first kappa shape index (κ1) is 24.4. The number of carbonyl (C=O) groups excluding carboxylic acids is 1. The van der Waals surface area contributed by atoms with E-state index in [0.717, 1.165) is 30.4 Å². The molecule has 182 valence electrons. The lowest BCUT2D eigenvalue weighted by Crippen LogP contribution is -2.33. The topological polar surface area (TPSA) is 111 Å². The van der Waals surface area contributed by atoms with Gasteiger partial charge in [-0.1, -0.05) is 30.3 Å². The molecule has 0 saturated heterocycles. The minimum Gasteiger partial charge on any atom is -0.379 e. The molecule has 1 unspecified atom stereocenters. The maximum atomic E-state index is 12.2. The molecule has 1 aliphatic rings. The van der Waals surface area contributed by atoms with Crippen molar-refractivity contribution in [3.05, 3.63) is 70.3 Å². The fourth-order valence-electron chi connectivity index (χ4n) is 4.00. The van der Waals surface area contributed by atoms with Gasteiger partial charge in [0.25, 0.3) is 0 Å². The molecule has 4 rings (SSSR count). The zero-order valence-electron chi connectivity index (χ0n) is 20.3. The monoisotopic (exact) mass is 492 g/mol. The maximum absolute atomic E-state index is 12.2. The lowest BCUT2D eigenvalue weighted by Gasteiger charge is -2.33. The van der Waals surface area contributed by atoms with Crippen molar-refractivity contribution >= 4 is 40.8 Å². The number of hydrogen-bond acceptors (Lipinski definition) is 8. The summed E-state index contributed by atoms with van der Waals surface area (Å²) in [7, 11) is 1.89. The molecule has 35 heavy (non-hydrogen) atoms. The third-order valence-electron chi connectivity index (χ3n) is 5.82. The van der Waals surface area contributed by atoms with E-state index >= 15 is 0 Å². The first-order valence-corrected chi connectivity index (χ1v) is 11.7. The lowest BCUT2D eigenvalue weighted by atomic mass is 9.92. The highest BCUT2D eigenvalue weighted by atomic mass is 35.5. The summed E-state index contributed by atoms with van der Waals surface area (Å²) in [5.41, 5.74) is 4.17. The SMILES string of the molecule is C=C(C)Nc1cc(N(C)C(/C(C(C)=N)=C(\C=O)NC2CC2)c2ccc(Cl)cc2)nn2c(C)nnc12. The van der Waals surface area contributed by atoms with E-state index in [2.05, 4.69) is 27.4 Å². The molecule has 0 bridgehead atoms. The average molecular weight is 493 g/mol. The van der Waals surface area contributed by atoms with Crippen LogP contribution in [-0.2, 0) is 4.79 Å². The zero-order valence-corrected chi connectivity index (χ0v) is 21.0. The summed E-state index contributed by atoms with van der Waals surface area (Å²) in [6, 6.07) is 9.05. The van der Waals surface area contributed by atoms with Gasteiger partial charge in [0.1, 0.15) is 0 Å². The Morgan fingerprint density at radius 2 is 1.97 bits per heavy atom. The van der Waals surface area contributed by atoms with E-state index in [1.807, 2.05) is 44.0 Å². The van der Waals surface area contributed by atoms with Crippen molar-refractivity contribution < 1.29 is 4.79 Å². The Kier molecular flexibility index (Phi) is 6.88. The zero-order chi connectivity index (χ0) is 25.3. The van der Waals surface area contributed by atoms with E-state index < -0.39 is 6.04 Å². The van der Waals surface area contributed by atoms with Crippen LogP contribution >= 0.6 is 11.6 Å². The van der Waals surface area contributed by atoms with Crippen molar-refractivity contribution in [1.82, 2.24) is 25.1 Å². The summed E-state index contributed by atoms with van der Waals surface area (Å²) in [6.45, 7) is 9.33. The number of nitrogens with one attached hydrogen (secondary N) is 3. The smallest absolute Gasteiger partial charge is 0.201 e. The molecule has 2 heterocycles. The molecule has 1 atom stereocenters. The van der Waals surface area contributed by atoms with E-state index in [0.29, 0.717) is 39.3 Å². The summed E-state index contributed by atoms with van der Waals surface area (Å²) in [5, 5.41) is 29.0. The van der Waals surface area contributed by atoms with Gasteiger partial charge in [0.2, 0.25) is 5.65 Å². The fraction of sp³-hybridized carbons (Fsp3) is 0.320. The molecule has 2 aromatic heterocycles. The van der Waals surface area contributed by atoms with Crippen LogP contribution in [0.25, 0.3) is 5.65 Å². The number of aryl methyl sites for hydroxylation is 1. The Hall–Kier alpha value is -3.72. The van der Waals surface area contributed by atoms with Gasteiger partial charge in [-0.05, 0) is 51.3 Å². The Morgan fingerprint density at radius 3 is 2.54 bits per heavy atom. The second kappa shape index (κ2) is 9.87. The summed E-state index contributed by atoms with van der Waals surface area (Å²) >= 11 is 6.18.